The molecule has 0 aliphatic carbocycles. The zero-order valence-corrected chi connectivity index (χ0v) is 18.4. The predicted octanol–water partition coefficient (Wildman–Crippen LogP) is 2.67. The molecule has 1 aromatic carbocycles. The van der Waals surface area contributed by atoms with Gasteiger partial charge in [0.25, 0.3) is 0 Å². The summed E-state index contributed by atoms with van der Waals surface area (Å²) in [5, 5.41) is 4.47. The van der Waals surface area contributed by atoms with Gasteiger partial charge in [0.1, 0.15) is 5.65 Å². The Morgan fingerprint density at radius 3 is 2.57 bits per heavy atom. The summed E-state index contributed by atoms with van der Waals surface area (Å²) in [4.78, 5) is 10.3. The van der Waals surface area contributed by atoms with Crippen LogP contribution in [0.1, 0.15) is 18.5 Å². The molecule has 0 unspecified atom stereocenters. The minimum absolute atomic E-state index is 0.360. The summed E-state index contributed by atoms with van der Waals surface area (Å²) in [5.41, 5.74) is 3.94. The van der Waals surface area contributed by atoms with Crippen LogP contribution in [-0.2, 0) is 16.6 Å². The van der Waals surface area contributed by atoms with Crippen molar-refractivity contribution in [3.05, 3.63) is 48.3 Å². The largest absolute Gasteiger partial charge is 0.342 e. The van der Waals surface area contributed by atoms with Crippen molar-refractivity contribution in [2.24, 2.45) is 0 Å². The van der Waals surface area contributed by atoms with Crippen LogP contribution in [0.2, 0.25) is 0 Å². The van der Waals surface area contributed by atoms with Crippen LogP contribution in [0.15, 0.2) is 47.5 Å². The van der Waals surface area contributed by atoms with Crippen molar-refractivity contribution in [1.29, 1.82) is 0 Å². The van der Waals surface area contributed by atoms with Gasteiger partial charge in [-0.1, -0.05) is 12.1 Å². The number of nitrogens with zero attached hydrogens (tertiary/aromatic N) is 3. The summed E-state index contributed by atoms with van der Waals surface area (Å²) in [5.74, 6) is 0. The lowest BCUT2D eigenvalue weighted by atomic mass is 10.0. The minimum Gasteiger partial charge on any atom is -0.342 e. The summed E-state index contributed by atoms with van der Waals surface area (Å²) >= 11 is 0. The van der Waals surface area contributed by atoms with Gasteiger partial charge in [-0.3, -0.25) is 0 Å². The fourth-order valence-corrected chi connectivity index (χ4v) is 5.36. The van der Waals surface area contributed by atoms with Gasteiger partial charge in [0.05, 0.1) is 4.90 Å². The number of benzene rings is 1. The highest BCUT2D eigenvalue weighted by molar-refractivity contribution is 7.89. The molecule has 1 aliphatic heterocycles. The third-order valence-electron chi connectivity index (χ3n) is 5.51. The van der Waals surface area contributed by atoms with E-state index in [1.807, 2.05) is 18.2 Å². The Balaban J connectivity index is 1.55. The van der Waals surface area contributed by atoms with Crippen molar-refractivity contribution in [1.82, 2.24) is 24.5 Å². The molecule has 2 N–H and O–H groups in total. The van der Waals surface area contributed by atoms with Crippen molar-refractivity contribution < 1.29 is 8.42 Å². The number of pyridine rings is 1. The number of likely N-dealkylation sites (N-methyl/N-ethyl adjacent to an activating group) is 1. The maximum absolute atomic E-state index is 12.8. The monoisotopic (exact) mass is 427 g/mol. The number of sulfonamides is 1. The van der Waals surface area contributed by atoms with Gasteiger partial charge in [0, 0.05) is 50.0 Å². The molecule has 1 fully saturated rings. The van der Waals surface area contributed by atoms with Crippen molar-refractivity contribution in [2.45, 2.75) is 24.3 Å². The van der Waals surface area contributed by atoms with Gasteiger partial charge in [-0.05, 0) is 62.3 Å². The Kier molecular flexibility index (Phi) is 6.19. The summed E-state index contributed by atoms with van der Waals surface area (Å²) in [6, 6.07) is 11.3. The minimum atomic E-state index is -3.39. The van der Waals surface area contributed by atoms with E-state index < -0.39 is 10.0 Å². The molecule has 8 heteroatoms. The highest BCUT2D eigenvalue weighted by Crippen LogP contribution is 2.30. The van der Waals surface area contributed by atoms with Gasteiger partial charge in [-0.15, -0.1) is 0 Å². The maximum Gasteiger partial charge on any atom is 0.243 e. The molecular formula is C22H29N5O2S. The highest BCUT2D eigenvalue weighted by Gasteiger charge is 2.27. The third-order valence-corrected chi connectivity index (χ3v) is 7.42. The number of rotatable bonds is 8. The molecule has 0 bridgehead atoms. The average molecular weight is 428 g/mol. The van der Waals surface area contributed by atoms with Crippen LogP contribution in [0.25, 0.3) is 22.2 Å². The first-order valence-electron chi connectivity index (χ1n) is 10.4. The fourth-order valence-electron chi connectivity index (χ4n) is 3.84. The Hall–Kier alpha value is -2.26. The molecule has 0 saturated carbocycles. The number of hydrogen-bond donors (Lipinski definition) is 2. The van der Waals surface area contributed by atoms with Crippen LogP contribution < -0.4 is 5.32 Å². The second-order valence-electron chi connectivity index (χ2n) is 8.03. The molecule has 0 spiro atoms. The van der Waals surface area contributed by atoms with Crippen molar-refractivity contribution in [3.8, 4) is 11.1 Å². The zero-order chi connectivity index (χ0) is 21.1. The van der Waals surface area contributed by atoms with Crippen molar-refractivity contribution in [2.75, 3.05) is 40.3 Å². The second kappa shape index (κ2) is 8.85. The SMILES string of the molecule is CN(C)CCNCc1cc2c(-c3ccc(S(=O)(=O)N4CCCC4)cc3)ccnc2[nH]1. The van der Waals surface area contributed by atoms with Gasteiger partial charge < -0.3 is 15.2 Å². The van der Waals surface area contributed by atoms with Crippen LogP contribution in [0.5, 0.6) is 0 Å². The Bertz CT molecular complexity index is 1100. The molecule has 4 rings (SSSR count). The molecule has 0 amide bonds. The Labute approximate surface area is 178 Å². The normalized spacial score (nSPS) is 15.4. The van der Waals surface area contributed by atoms with Crippen molar-refractivity contribution in [3.63, 3.8) is 0 Å². The second-order valence-corrected chi connectivity index (χ2v) is 9.97. The maximum atomic E-state index is 12.8. The van der Waals surface area contributed by atoms with Crippen LogP contribution in [-0.4, -0.2) is 67.9 Å². The molecule has 3 heterocycles. The number of H-pyrrole nitrogens is 1. The molecule has 30 heavy (non-hydrogen) atoms. The number of fused-ring (bicyclic) bond motifs is 1. The van der Waals surface area contributed by atoms with E-state index in [1.165, 1.54) is 0 Å². The van der Waals surface area contributed by atoms with E-state index in [2.05, 4.69) is 40.3 Å². The smallest absolute Gasteiger partial charge is 0.243 e. The fraction of sp³-hybridized carbons (Fsp3) is 0.409. The number of hydrogen-bond acceptors (Lipinski definition) is 5. The summed E-state index contributed by atoms with van der Waals surface area (Å²) in [7, 11) is 0.724. The van der Waals surface area contributed by atoms with E-state index in [4.69, 9.17) is 0 Å². The van der Waals surface area contributed by atoms with Gasteiger partial charge >= 0.3 is 0 Å². The number of aromatic nitrogens is 2. The van der Waals surface area contributed by atoms with Crippen LogP contribution in [0, 0.1) is 0 Å². The standard InChI is InChI=1S/C22H29N5O2S/c1-26(2)14-11-23-16-18-15-21-20(9-10-24-22(21)25-18)17-5-7-19(8-6-17)30(28,29)27-12-3-4-13-27/h5-10,15,23H,3-4,11-14,16H2,1-2H3,(H,24,25). The van der Waals surface area contributed by atoms with Crippen LogP contribution in [0.3, 0.4) is 0 Å². The molecule has 7 nitrogen and oxygen atoms in total. The highest BCUT2D eigenvalue weighted by atomic mass is 32.2. The first kappa shape index (κ1) is 21.0. The average Bonchev–Trinajstić information content (AvgIpc) is 3.41. The predicted molar refractivity (Wildman–Crippen MR) is 120 cm³/mol. The van der Waals surface area contributed by atoms with E-state index in [0.717, 1.165) is 60.3 Å². The first-order valence-corrected chi connectivity index (χ1v) is 11.8. The molecule has 0 radical (unpaired) electrons. The Morgan fingerprint density at radius 2 is 1.87 bits per heavy atom. The van der Waals surface area contributed by atoms with E-state index in [9.17, 15) is 8.42 Å². The topological polar surface area (TPSA) is 81.3 Å². The molecule has 3 aromatic rings. The van der Waals surface area contributed by atoms with Gasteiger partial charge in [-0.25, -0.2) is 13.4 Å². The lowest BCUT2D eigenvalue weighted by Gasteiger charge is -2.15. The lowest BCUT2D eigenvalue weighted by molar-refractivity contribution is 0.399. The zero-order valence-electron chi connectivity index (χ0n) is 17.6. The van der Waals surface area contributed by atoms with E-state index in [1.54, 1.807) is 22.6 Å². The summed E-state index contributed by atoms with van der Waals surface area (Å²) in [6.45, 7) is 3.87. The number of nitrogens with one attached hydrogen (secondary N) is 2. The Morgan fingerprint density at radius 1 is 1.13 bits per heavy atom. The van der Waals surface area contributed by atoms with Gasteiger partial charge in [0.15, 0.2) is 0 Å². The lowest BCUT2D eigenvalue weighted by Crippen LogP contribution is -2.27. The van der Waals surface area contributed by atoms with E-state index in [0.29, 0.717) is 18.0 Å². The van der Waals surface area contributed by atoms with E-state index >= 15 is 0 Å². The quantitative estimate of drug-likeness (QED) is 0.540. The molecule has 1 aliphatic rings. The van der Waals surface area contributed by atoms with Crippen molar-refractivity contribution >= 4 is 21.1 Å². The molecular weight excluding hydrogens is 398 g/mol. The number of aromatic amines is 1. The van der Waals surface area contributed by atoms with Crippen LogP contribution >= 0.6 is 0 Å². The molecule has 1 saturated heterocycles. The van der Waals surface area contributed by atoms with Gasteiger partial charge in [-0.2, -0.15) is 4.31 Å². The summed E-state index contributed by atoms with van der Waals surface area (Å²) < 4.78 is 27.1. The first-order chi connectivity index (χ1) is 14.4. The summed E-state index contributed by atoms with van der Waals surface area (Å²) in [6.07, 6.45) is 3.66. The molecule has 0 atom stereocenters. The molecule has 2 aromatic heterocycles. The van der Waals surface area contributed by atoms with E-state index in [-0.39, 0.29) is 0 Å². The van der Waals surface area contributed by atoms with Gasteiger partial charge in [0.2, 0.25) is 10.0 Å². The van der Waals surface area contributed by atoms with Crippen LogP contribution in [0.4, 0.5) is 0 Å². The third kappa shape index (κ3) is 4.41. The molecule has 160 valence electrons.